The number of benzene rings is 3. The summed E-state index contributed by atoms with van der Waals surface area (Å²) in [6, 6.07) is 22.6. The predicted octanol–water partition coefficient (Wildman–Crippen LogP) is 3.97. The number of para-hydroxylation sites is 1. The molecule has 0 bridgehead atoms. The zero-order valence-corrected chi connectivity index (χ0v) is 19.9. The van der Waals surface area contributed by atoms with Crippen molar-refractivity contribution >= 4 is 35.3 Å². The SMILES string of the molecule is CCCCOc1ccc(NC(=O)C(=O)N/N=C\c2ccc(OCC(=O)Nc3ccccc3)cc2)cc1. The van der Waals surface area contributed by atoms with Crippen LogP contribution in [0, 0.1) is 0 Å². The van der Waals surface area contributed by atoms with Gasteiger partial charge in [0.2, 0.25) is 0 Å². The molecule has 0 spiro atoms. The van der Waals surface area contributed by atoms with Gasteiger partial charge in [0.1, 0.15) is 11.5 Å². The van der Waals surface area contributed by atoms with Gasteiger partial charge in [0.05, 0.1) is 12.8 Å². The molecule has 3 rings (SSSR count). The molecule has 0 radical (unpaired) electrons. The largest absolute Gasteiger partial charge is 0.494 e. The lowest BCUT2D eigenvalue weighted by molar-refractivity contribution is -0.136. The summed E-state index contributed by atoms with van der Waals surface area (Å²) < 4.78 is 11.0. The van der Waals surface area contributed by atoms with Crippen LogP contribution in [0.2, 0.25) is 0 Å². The Morgan fingerprint density at radius 1 is 0.778 bits per heavy atom. The Morgan fingerprint density at radius 2 is 1.42 bits per heavy atom. The van der Waals surface area contributed by atoms with Crippen molar-refractivity contribution in [2.75, 3.05) is 23.8 Å². The molecule has 9 nitrogen and oxygen atoms in total. The van der Waals surface area contributed by atoms with Gasteiger partial charge in [0.15, 0.2) is 6.61 Å². The van der Waals surface area contributed by atoms with Crippen LogP contribution in [-0.2, 0) is 14.4 Å². The Hall–Kier alpha value is -4.66. The van der Waals surface area contributed by atoms with Crippen molar-refractivity contribution < 1.29 is 23.9 Å². The van der Waals surface area contributed by atoms with Crippen LogP contribution in [-0.4, -0.2) is 37.1 Å². The summed E-state index contributed by atoms with van der Waals surface area (Å²) in [5, 5.41) is 9.04. The fourth-order valence-corrected chi connectivity index (χ4v) is 2.89. The summed E-state index contributed by atoms with van der Waals surface area (Å²) >= 11 is 0. The van der Waals surface area contributed by atoms with E-state index in [4.69, 9.17) is 9.47 Å². The number of rotatable bonds is 11. The van der Waals surface area contributed by atoms with Crippen LogP contribution >= 0.6 is 0 Å². The summed E-state index contributed by atoms with van der Waals surface area (Å²) in [5.74, 6) is -0.824. The standard InChI is InChI=1S/C27H28N4O5/c1-2-3-17-35-23-15-11-22(12-16-23)30-26(33)27(34)31-28-18-20-9-13-24(14-10-20)36-19-25(32)29-21-7-5-4-6-8-21/h4-16,18H,2-3,17,19H2,1H3,(H,29,32)(H,30,33)(H,31,34)/b28-18-. The number of hydrazone groups is 1. The number of ether oxygens (including phenoxy) is 2. The number of anilines is 2. The third-order valence-electron chi connectivity index (χ3n) is 4.77. The molecule has 36 heavy (non-hydrogen) atoms. The van der Waals surface area contributed by atoms with Crippen molar-refractivity contribution in [3.8, 4) is 11.5 Å². The number of hydrogen-bond donors (Lipinski definition) is 3. The van der Waals surface area contributed by atoms with Gasteiger partial charge >= 0.3 is 11.8 Å². The van der Waals surface area contributed by atoms with Gasteiger partial charge in [0.25, 0.3) is 5.91 Å². The van der Waals surface area contributed by atoms with E-state index in [2.05, 4.69) is 28.1 Å². The first-order chi connectivity index (χ1) is 17.5. The minimum Gasteiger partial charge on any atom is -0.494 e. The third-order valence-corrected chi connectivity index (χ3v) is 4.77. The maximum absolute atomic E-state index is 12.1. The van der Waals surface area contributed by atoms with E-state index in [1.807, 2.05) is 18.2 Å². The molecule has 0 aromatic heterocycles. The second-order valence-electron chi connectivity index (χ2n) is 7.65. The number of nitrogens with one attached hydrogen (secondary N) is 3. The molecule has 186 valence electrons. The molecule has 9 heteroatoms. The van der Waals surface area contributed by atoms with Crippen LogP contribution in [0.5, 0.6) is 11.5 Å². The summed E-state index contributed by atoms with van der Waals surface area (Å²) in [7, 11) is 0. The van der Waals surface area contributed by atoms with Crippen LogP contribution in [0.1, 0.15) is 25.3 Å². The molecule has 3 aromatic carbocycles. The highest BCUT2D eigenvalue weighted by atomic mass is 16.5. The van der Waals surface area contributed by atoms with Gasteiger partial charge in [-0.1, -0.05) is 31.5 Å². The van der Waals surface area contributed by atoms with E-state index in [9.17, 15) is 14.4 Å². The molecule has 0 unspecified atom stereocenters. The van der Waals surface area contributed by atoms with E-state index >= 15 is 0 Å². The van der Waals surface area contributed by atoms with Gasteiger partial charge in [0, 0.05) is 11.4 Å². The van der Waals surface area contributed by atoms with E-state index in [0.717, 1.165) is 12.8 Å². The highest BCUT2D eigenvalue weighted by Gasteiger charge is 2.13. The molecular weight excluding hydrogens is 460 g/mol. The first-order valence-electron chi connectivity index (χ1n) is 11.5. The molecule has 0 heterocycles. The zero-order valence-electron chi connectivity index (χ0n) is 19.9. The Bertz CT molecular complexity index is 1160. The first-order valence-corrected chi connectivity index (χ1v) is 11.5. The van der Waals surface area contributed by atoms with Crippen molar-refractivity contribution in [3.05, 3.63) is 84.4 Å². The van der Waals surface area contributed by atoms with Gasteiger partial charge in [-0.05, 0) is 72.6 Å². The molecule has 3 N–H and O–H groups in total. The van der Waals surface area contributed by atoms with E-state index in [-0.39, 0.29) is 12.5 Å². The van der Waals surface area contributed by atoms with Crippen LogP contribution in [0.15, 0.2) is 84.0 Å². The molecule has 0 aliphatic heterocycles. The van der Waals surface area contributed by atoms with E-state index in [0.29, 0.717) is 35.0 Å². The van der Waals surface area contributed by atoms with E-state index in [1.54, 1.807) is 60.7 Å². The van der Waals surface area contributed by atoms with E-state index < -0.39 is 11.8 Å². The van der Waals surface area contributed by atoms with Crippen molar-refractivity contribution in [2.24, 2.45) is 5.10 Å². The number of amides is 3. The van der Waals surface area contributed by atoms with Crippen LogP contribution in [0.3, 0.4) is 0 Å². The highest BCUT2D eigenvalue weighted by Crippen LogP contribution is 2.16. The minimum atomic E-state index is -0.904. The fourth-order valence-electron chi connectivity index (χ4n) is 2.89. The normalized spacial score (nSPS) is 10.5. The summed E-state index contributed by atoms with van der Waals surface area (Å²) in [6.07, 6.45) is 3.39. The topological polar surface area (TPSA) is 118 Å². The summed E-state index contributed by atoms with van der Waals surface area (Å²) in [5.41, 5.74) is 4.01. The Morgan fingerprint density at radius 3 is 2.11 bits per heavy atom. The Balaban J connectivity index is 1.39. The van der Waals surface area contributed by atoms with Crippen molar-refractivity contribution in [2.45, 2.75) is 19.8 Å². The smallest absolute Gasteiger partial charge is 0.329 e. The predicted molar refractivity (Wildman–Crippen MR) is 138 cm³/mol. The maximum Gasteiger partial charge on any atom is 0.329 e. The molecule has 3 amide bonds. The zero-order chi connectivity index (χ0) is 25.6. The molecule has 0 atom stereocenters. The quantitative estimate of drug-likeness (QED) is 0.163. The van der Waals surface area contributed by atoms with Gasteiger partial charge in [-0.15, -0.1) is 0 Å². The molecular formula is C27H28N4O5. The molecule has 0 aliphatic rings. The van der Waals surface area contributed by atoms with Crippen molar-refractivity contribution in [3.63, 3.8) is 0 Å². The second kappa shape index (κ2) is 13.9. The van der Waals surface area contributed by atoms with Crippen molar-refractivity contribution in [1.82, 2.24) is 5.43 Å². The van der Waals surface area contributed by atoms with Crippen LogP contribution in [0.25, 0.3) is 0 Å². The highest BCUT2D eigenvalue weighted by molar-refractivity contribution is 6.39. The molecule has 0 saturated carbocycles. The number of carbonyl (C=O) groups is 3. The van der Waals surface area contributed by atoms with Gasteiger partial charge in [-0.3, -0.25) is 14.4 Å². The monoisotopic (exact) mass is 488 g/mol. The Kier molecular flexibility index (Phi) is 10.0. The van der Waals surface area contributed by atoms with Gasteiger partial charge < -0.3 is 20.1 Å². The number of hydrogen-bond acceptors (Lipinski definition) is 6. The minimum absolute atomic E-state index is 0.137. The Labute approximate surface area is 209 Å². The lowest BCUT2D eigenvalue weighted by Gasteiger charge is -2.08. The summed E-state index contributed by atoms with van der Waals surface area (Å²) in [6.45, 7) is 2.58. The van der Waals surface area contributed by atoms with E-state index in [1.165, 1.54) is 6.21 Å². The van der Waals surface area contributed by atoms with Gasteiger partial charge in [-0.2, -0.15) is 5.10 Å². The van der Waals surface area contributed by atoms with Crippen molar-refractivity contribution in [1.29, 1.82) is 0 Å². The molecule has 0 saturated heterocycles. The van der Waals surface area contributed by atoms with Gasteiger partial charge in [-0.25, -0.2) is 5.43 Å². The molecule has 0 fully saturated rings. The fraction of sp³-hybridized carbons (Fsp3) is 0.185. The third kappa shape index (κ3) is 8.94. The first kappa shape index (κ1) is 26.0. The lowest BCUT2D eigenvalue weighted by Crippen LogP contribution is -2.32. The molecule has 3 aromatic rings. The maximum atomic E-state index is 12.1. The average molecular weight is 489 g/mol. The number of unbranched alkanes of at least 4 members (excludes halogenated alkanes) is 1. The van der Waals surface area contributed by atoms with Crippen LogP contribution in [0.4, 0.5) is 11.4 Å². The summed E-state index contributed by atoms with van der Waals surface area (Å²) in [4.78, 5) is 36.0. The van der Waals surface area contributed by atoms with Crippen LogP contribution < -0.4 is 25.5 Å². The molecule has 0 aliphatic carbocycles. The number of nitrogens with zero attached hydrogens (tertiary/aromatic N) is 1. The average Bonchev–Trinajstić information content (AvgIpc) is 2.90. The second-order valence-corrected chi connectivity index (χ2v) is 7.65. The number of carbonyl (C=O) groups excluding carboxylic acids is 3. The lowest BCUT2D eigenvalue weighted by atomic mass is 10.2.